The molecule has 0 atom stereocenters. The van der Waals surface area contributed by atoms with E-state index in [2.05, 4.69) is 0 Å². The Morgan fingerprint density at radius 1 is 1.15 bits per heavy atom. The zero-order chi connectivity index (χ0) is 14.3. The molecule has 0 amide bonds. The highest BCUT2D eigenvalue weighted by Gasteiger charge is 2.19. The summed E-state index contributed by atoms with van der Waals surface area (Å²) in [6, 6.07) is 5.66. The molecule has 20 heavy (non-hydrogen) atoms. The first kappa shape index (κ1) is 12.7. The molecule has 2 aromatic carbocycles. The molecule has 1 aliphatic rings. The van der Waals surface area contributed by atoms with Crippen molar-refractivity contribution in [2.75, 3.05) is 14.2 Å². The molecule has 0 spiro atoms. The topological polar surface area (TPSA) is 47.9 Å². The molecule has 1 N–H and O–H groups in total. The van der Waals surface area contributed by atoms with Crippen molar-refractivity contribution in [3.05, 3.63) is 35.1 Å². The number of hydrogen-bond donors (Lipinski definition) is 1. The van der Waals surface area contributed by atoms with Gasteiger partial charge in [-0.2, -0.15) is 0 Å². The largest absolute Gasteiger partial charge is 0.507 e. The van der Waals surface area contributed by atoms with Crippen molar-refractivity contribution in [3.8, 4) is 17.2 Å². The van der Waals surface area contributed by atoms with E-state index in [0.29, 0.717) is 23.5 Å². The van der Waals surface area contributed by atoms with Crippen LogP contribution in [0.5, 0.6) is 17.2 Å². The van der Waals surface area contributed by atoms with Crippen molar-refractivity contribution in [1.29, 1.82) is 0 Å². The quantitative estimate of drug-likeness (QED) is 0.909. The number of methoxy groups -OCH3 is 2. The molecule has 0 aromatic heterocycles. The summed E-state index contributed by atoms with van der Waals surface area (Å²) in [6.45, 7) is 2.27. The monoisotopic (exact) mass is 272 g/mol. The smallest absolute Gasteiger partial charge is 0.134 e. The maximum atomic E-state index is 10.5. The minimum Gasteiger partial charge on any atom is -0.507 e. The minimum absolute atomic E-state index is 0.209. The van der Waals surface area contributed by atoms with Gasteiger partial charge in [0.15, 0.2) is 0 Å². The maximum absolute atomic E-state index is 10.5. The molecule has 2 aromatic rings. The summed E-state index contributed by atoms with van der Waals surface area (Å²) in [6.07, 6.45) is 1.92. The van der Waals surface area contributed by atoms with Gasteiger partial charge in [-0.3, -0.25) is 0 Å². The van der Waals surface area contributed by atoms with Gasteiger partial charge in [0.05, 0.1) is 25.4 Å². The van der Waals surface area contributed by atoms with E-state index in [0.717, 1.165) is 22.3 Å². The van der Waals surface area contributed by atoms with Crippen LogP contribution in [0.15, 0.2) is 24.0 Å². The molecule has 0 aliphatic carbocycles. The molecule has 1 heterocycles. The van der Waals surface area contributed by atoms with E-state index >= 15 is 0 Å². The van der Waals surface area contributed by atoms with Gasteiger partial charge >= 0.3 is 0 Å². The zero-order valence-corrected chi connectivity index (χ0v) is 11.7. The lowest BCUT2D eigenvalue weighted by atomic mass is 9.97. The van der Waals surface area contributed by atoms with E-state index in [9.17, 15) is 5.11 Å². The van der Waals surface area contributed by atoms with Gasteiger partial charge in [-0.15, -0.1) is 0 Å². The predicted molar refractivity (Wildman–Crippen MR) is 77.2 cm³/mol. The third kappa shape index (κ3) is 1.84. The summed E-state index contributed by atoms with van der Waals surface area (Å²) in [5, 5.41) is 12.1. The van der Waals surface area contributed by atoms with Gasteiger partial charge < -0.3 is 19.3 Å². The second-order valence-corrected chi connectivity index (χ2v) is 4.76. The second-order valence-electron chi connectivity index (χ2n) is 4.76. The summed E-state index contributed by atoms with van der Waals surface area (Å²) in [4.78, 5) is 0. The molecule has 104 valence electrons. The van der Waals surface area contributed by atoms with Gasteiger partial charge in [-0.25, -0.2) is 0 Å². The predicted octanol–water partition coefficient (Wildman–Crippen LogP) is 3.45. The number of hydrogen-bond acceptors (Lipinski definition) is 4. The average Bonchev–Trinajstić information content (AvgIpc) is 2.45. The van der Waals surface area contributed by atoms with E-state index in [1.807, 2.05) is 25.1 Å². The molecule has 0 bridgehead atoms. The van der Waals surface area contributed by atoms with Crippen molar-refractivity contribution < 1.29 is 19.3 Å². The molecule has 3 rings (SSSR count). The second kappa shape index (κ2) is 4.63. The van der Waals surface area contributed by atoms with Gasteiger partial charge in [-0.05, 0) is 36.1 Å². The van der Waals surface area contributed by atoms with E-state index in [4.69, 9.17) is 14.2 Å². The molecular formula is C16H16O4. The van der Waals surface area contributed by atoms with Crippen molar-refractivity contribution in [2.24, 2.45) is 0 Å². The molecule has 0 fully saturated rings. The highest BCUT2D eigenvalue weighted by molar-refractivity contribution is 5.98. The van der Waals surface area contributed by atoms with Crippen LogP contribution >= 0.6 is 0 Å². The average molecular weight is 272 g/mol. The van der Waals surface area contributed by atoms with Crippen LogP contribution in [0.4, 0.5) is 0 Å². The fraction of sp³-hybridized carbons (Fsp3) is 0.250. The first-order valence-corrected chi connectivity index (χ1v) is 6.35. The van der Waals surface area contributed by atoms with Gasteiger partial charge in [-0.1, -0.05) is 0 Å². The number of rotatable bonds is 2. The fourth-order valence-electron chi connectivity index (χ4n) is 2.53. The molecule has 0 saturated heterocycles. The van der Waals surface area contributed by atoms with Crippen molar-refractivity contribution in [2.45, 2.75) is 13.5 Å². The summed E-state index contributed by atoms with van der Waals surface area (Å²) in [5.41, 5.74) is 1.75. The van der Waals surface area contributed by atoms with Crippen LogP contribution in [-0.2, 0) is 11.3 Å². The molecule has 0 unspecified atom stereocenters. The first-order valence-electron chi connectivity index (χ1n) is 6.35. The fourth-order valence-corrected chi connectivity index (χ4v) is 2.53. The Labute approximate surface area is 117 Å². The normalized spacial score (nSPS) is 13.4. The SMILES string of the molecule is COc1cc(OC)c2c(O)c3c(cc2c1)C=C(C)OC3. The molecule has 0 radical (unpaired) electrons. The van der Waals surface area contributed by atoms with Crippen molar-refractivity contribution >= 4 is 16.8 Å². The molecule has 1 aliphatic heterocycles. The van der Waals surface area contributed by atoms with Crippen LogP contribution in [0.3, 0.4) is 0 Å². The Morgan fingerprint density at radius 3 is 2.65 bits per heavy atom. The van der Waals surface area contributed by atoms with Crippen LogP contribution in [-0.4, -0.2) is 19.3 Å². The van der Waals surface area contributed by atoms with Crippen molar-refractivity contribution in [1.82, 2.24) is 0 Å². The lowest BCUT2D eigenvalue weighted by Crippen LogP contribution is -2.02. The lowest BCUT2D eigenvalue weighted by Gasteiger charge is -2.19. The van der Waals surface area contributed by atoms with Gasteiger partial charge in [0.1, 0.15) is 23.9 Å². The van der Waals surface area contributed by atoms with E-state index in [1.165, 1.54) is 0 Å². The zero-order valence-electron chi connectivity index (χ0n) is 11.7. The molecule has 4 nitrogen and oxygen atoms in total. The van der Waals surface area contributed by atoms with Crippen LogP contribution in [0.25, 0.3) is 16.8 Å². The van der Waals surface area contributed by atoms with Crippen LogP contribution < -0.4 is 9.47 Å². The third-order valence-corrected chi connectivity index (χ3v) is 3.55. The lowest BCUT2D eigenvalue weighted by molar-refractivity contribution is 0.196. The number of allylic oxidation sites excluding steroid dienone is 1. The van der Waals surface area contributed by atoms with Gasteiger partial charge in [0.25, 0.3) is 0 Å². The van der Waals surface area contributed by atoms with Crippen LogP contribution in [0.2, 0.25) is 0 Å². The Kier molecular flexibility index (Phi) is 2.93. The standard InChI is InChI=1S/C16H16O4/c1-9-4-10-5-11-6-12(18-2)7-14(19-3)15(11)16(17)13(10)8-20-9/h4-7,17H,8H2,1-3H3. The van der Waals surface area contributed by atoms with Crippen LogP contribution in [0.1, 0.15) is 18.1 Å². The maximum Gasteiger partial charge on any atom is 0.134 e. The number of benzene rings is 2. The number of phenols is 1. The summed E-state index contributed by atoms with van der Waals surface area (Å²) >= 11 is 0. The Morgan fingerprint density at radius 2 is 1.95 bits per heavy atom. The van der Waals surface area contributed by atoms with Gasteiger partial charge in [0.2, 0.25) is 0 Å². The Bertz CT molecular complexity index is 716. The third-order valence-electron chi connectivity index (χ3n) is 3.55. The summed E-state index contributed by atoms with van der Waals surface area (Å²) in [5.74, 6) is 2.33. The minimum atomic E-state index is 0.209. The van der Waals surface area contributed by atoms with E-state index < -0.39 is 0 Å². The molecular weight excluding hydrogens is 256 g/mol. The highest BCUT2D eigenvalue weighted by atomic mass is 16.5. The Balaban J connectivity index is 2.37. The Hall–Kier alpha value is -2.36. The highest BCUT2D eigenvalue weighted by Crippen LogP contribution is 2.42. The number of fused-ring (bicyclic) bond motifs is 2. The number of ether oxygens (including phenoxy) is 3. The first-order chi connectivity index (χ1) is 9.63. The molecule has 0 saturated carbocycles. The van der Waals surface area contributed by atoms with E-state index in [-0.39, 0.29) is 5.75 Å². The van der Waals surface area contributed by atoms with E-state index in [1.54, 1.807) is 20.3 Å². The van der Waals surface area contributed by atoms with Crippen LogP contribution in [0, 0.1) is 0 Å². The van der Waals surface area contributed by atoms with Gasteiger partial charge in [0, 0.05) is 11.6 Å². The molecule has 4 heteroatoms. The number of phenolic OH excluding ortho intramolecular Hbond substituents is 1. The summed E-state index contributed by atoms with van der Waals surface area (Å²) < 4.78 is 16.1. The van der Waals surface area contributed by atoms with Crippen molar-refractivity contribution in [3.63, 3.8) is 0 Å². The summed E-state index contributed by atoms with van der Waals surface area (Å²) in [7, 11) is 3.18. The number of aromatic hydroxyl groups is 1.